The molecule has 1 aliphatic rings. The molecular weight excluding hydrogens is 454 g/mol. The van der Waals surface area contributed by atoms with E-state index in [1.54, 1.807) is 30.6 Å². The number of nitrogens with zero attached hydrogens (tertiary/aromatic N) is 1. The second kappa shape index (κ2) is 9.19. The summed E-state index contributed by atoms with van der Waals surface area (Å²) in [6, 6.07) is 16.3. The summed E-state index contributed by atoms with van der Waals surface area (Å²) in [7, 11) is 1.40. The van der Waals surface area contributed by atoms with Gasteiger partial charge in [0.25, 0.3) is 0 Å². The molecule has 0 atom stereocenters. The number of esters is 1. The fourth-order valence-electron chi connectivity index (χ4n) is 4.18. The van der Waals surface area contributed by atoms with Crippen molar-refractivity contribution in [2.75, 3.05) is 12.4 Å². The van der Waals surface area contributed by atoms with Gasteiger partial charge in [-0.3, -0.25) is 9.59 Å². The molecule has 0 spiro atoms. The molecule has 1 aliphatic carbocycles. The molecule has 1 fully saturated rings. The Hall–Kier alpha value is -3.84. The van der Waals surface area contributed by atoms with E-state index in [4.69, 9.17) is 21.1 Å². The summed E-state index contributed by atoms with van der Waals surface area (Å²) in [6.45, 7) is 0. The number of carbonyl (C=O) groups is 2. The van der Waals surface area contributed by atoms with Crippen LogP contribution in [0, 0.1) is 5.92 Å². The fourth-order valence-corrected chi connectivity index (χ4v) is 4.44. The molecule has 8 heteroatoms. The number of halogens is 1. The molecule has 0 aliphatic heterocycles. The molecule has 7 nitrogen and oxygen atoms in total. The molecule has 0 saturated heterocycles. The Labute approximate surface area is 201 Å². The molecule has 34 heavy (non-hydrogen) atoms. The zero-order valence-corrected chi connectivity index (χ0v) is 19.1. The van der Waals surface area contributed by atoms with E-state index in [1.807, 2.05) is 36.4 Å². The average molecular weight is 476 g/mol. The van der Waals surface area contributed by atoms with Gasteiger partial charge >= 0.3 is 5.97 Å². The predicted octanol–water partition coefficient (Wildman–Crippen LogP) is 5.60. The van der Waals surface area contributed by atoms with E-state index < -0.39 is 0 Å². The maximum Gasteiger partial charge on any atom is 0.308 e. The molecule has 0 unspecified atom stereocenters. The van der Waals surface area contributed by atoms with Crippen LogP contribution in [0.5, 0.6) is 11.5 Å². The first-order valence-corrected chi connectivity index (χ1v) is 11.3. The fraction of sp³-hybridized carbons (Fsp3) is 0.192. The van der Waals surface area contributed by atoms with Gasteiger partial charge in [-0.2, -0.15) is 0 Å². The number of hydrogen-bond donors (Lipinski definition) is 2. The summed E-state index contributed by atoms with van der Waals surface area (Å²) in [5, 5.41) is 4.43. The lowest BCUT2D eigenvalue weighted by molar-refractivity contribution is -0.148. The number of anilines is 1. The van der Waals surface area contributed by atoms with Gasteiger partial charge in [-0.05, 0) is 43.2 Å². The lowest BCUT2D eigenvalue weighted by Crippen LogP contribution is -2.40. The SMILES string of the molecule is COC(=O)[C@H]1C[C@@H](Nc2ccnc3[nH]cc(C(=O)c4ccc(Oc5ccccc5)cc4Cl)c23)C1. The summed E-state index contributed by atoms with van der Waals surface area (Å²) in [5.41, 5.74) is 2.21. The minimum Gasteiger partial charge on any atom is -0.469 e. The molecule has 2 N–H and O–H groups in total. The van der Waals surface area contributed by atoms with Gasteiger partial charge in [-0.15, -0.1) is 0 Å². The number of aromatic nitrogens is 2. The quantitative estimate of drug-likeness (QED) is 0.267. The van der Waals surface area contributed by atoms with E-state index in [9.17, 15) is 9.59 Å². The Morgan fingerprint density at radius 1 is 1.06 bits per heavy atom. The molecule has 5 rings (SSSR count). The highest BCUT2D eigenvalue weighted by atomic mass is 35.5. The number of rotatable bonds is 7. The summed E-state index contributed by atoms with van der Waals surface area (Å²) in [4.78, 5) is 32.6. The van der Waals surface area contributed by atoms with Gasteiger partial charge in [0.15, 0.2) is 5.78 Å². The number of benzene rings is 2. The predicted molar refractivity (Wildman–Crippen MR) is 130 cm³/mol. The van der Waals surface area contributed by atoms with Crippen molar-refractivity contribution in [2.45, 2.75) is 18.9 Å². The second-order valence-corrected chi connectivity index (χ2v) is 8.61. The molecule has 1 saturated carbocycles. The van der Waals surface area contributed by atoms with Gasteiger partial charge in [-0.1, -0.05) is 29.8 Å². The van der Waals surface area contributed by atoms with Crippen LogP contribution in [-0.4, -0.2) is 34.9 Å². The van der Waals surface area contributed by atoms with Gasteiger partial charge in [0.1, 0.15) is 17.1 Å². The smallest absolute Gasteiger partial charge is 0.308 e. The standard InChI is InChI=1S/C26H22ClN3O4/c1-33-26(32)15-11-16(12-15)30-22-9-10-28-25-23(22)20(14-29-25)24(31)19-8-7-18(13-21(19)27)34-17-5-3-2-4-6-17/h2-10,13-16H,11-12H2,1H3,(H2,28,29,30)/t15-,16+. The minimum absolute atomic E-state index is 0.0948. The van der Waals surface area contributed by atoms with E-state index in [2.05, 4.69) is 15.3 Å². The van der Waals surface area contributed by atoms with Crippen molar-refractivity contribution in [1.82, 2.24) is 9.97 Å². The maximum atomic E-state index is 13.5. The first-order chi connectivity index (χ1) is 16.5. The third kappa shape index (κ3) is 4.22. The molecule has 172 valence electrons. The number of H-pyrrole nitrogens is 1. The number of fused-ring (bicyclic) bond motifs is 1. The molecule has 4 aromatic rings. The number of nitrogens with one attached hydrogen (secondary N) is 2. The van der Waals surface area contributed by atoms with Crippen LogP contribution in [-0.2, 0) is 9.53 Å². The van der Waals surface area contributed by atoms with Crippen molar-refractivity contribution in [3.63, 3.8) is 0 Å². The van der Waals surface area contributed by atoms with E-state index in [0.29, 0.717) is 51.5 Å². The zero-order valence-electron chi connectivity index (χ0n) is 18.4. The first kappa shape index (κ1) is 22.0. The number of para-hydroxylation sites is 1. The van der Waals surface area contributed by atoms with E-state index in [-0.39, 0.29) is 23.7 Å². The van der Waals surface area contributed by atoms with Crippen LogP contribution in [0.2, 0.25) is 5.02 Å². The molecule has 2 aromatic carbocycles. The van der Waals surface area contributed by atoms with Crippen molar-refractivity contribution >= 4 is 40.1 Å². The van der Waals surface area contributed by atoms with Crippen LogP contribution in [0.3, 0.4) is 0 Å². The van der Waals surface area contributed by atoms with Crippen LogP contribution >= 0.6 is 11.6 Å². The number of carbonyl (C=O) groups excluding carboxylic acids is 2. The van der Waals surface area contributed by atoms with Crippen LogP contribution in [0.25, 0.3) is 11.0 Å². The van der Waals surface area contributed by atoms with Crippen LogP contribution < -0.4 is 10.1 Å². The Bertz CT molecular complexity index is 1360. The topological polar surface area (TPSA) is 93.3 Å². The molecular formula is C26H22ClN3O4. The van der Waals surface area contributed by atoms with Crippen molar-refractivity contribution in [3.05, 3.63) is 83.1 Å². The minimum atomic E-state index is -0.223. The van der Waals surface area contributed by atoms with Crippen LogP contribution in [0.15, 0.2) is 67.0 Å². The number of ketones is 1. The highest BCUT2D eigenvalue weighted by molar-refractivity contribution is 6.35. The summed E-state index contributed by atoms with van der Waals surface area (Å²) in [6.07, 6.45) is 4.68. The second-order valence-electron chi connectivity index (χ2n) is 8.20. The Balaban J connectivity index is 1.39. The summed E-state index contributed by atoms with van der Waals surface area (Å²) in [5.74, 6) is 0.717. The van der Waals surface area contributed by atoms with E-state index in [0.717, 1.165) is 5.69 Å². The van der Waals surface area contributed by atoms with Gasteiger partial charge < -0.3 is 19.8 Å². The monoisotopic (exact) mass is 475 g/mol. The number of ether oxygens (including phenoxy) is 2. The first-order valence-electron chi connectivity index (χ1n) is 10.9. The van der Waals surface area contributed by atoms with E-state index in [1.165, 1.54) is 7.11 Å². The van der Waals surface area contributed by atoms with Gasteiger partial charge in [-0.25, -0.2) is 4.98 Å². The van der Waals surface area contributed by atoms with Crippen LogP contribution in [0.4, 0.5) is 5.69 Å². The van der Waals surface area contributed by atoms with Crippen molar-refractivity contribution in [3.8, 4) is 11.5 Å². The molecule has 2 aromatic heterocycles. The van der Waals surface area contributed by atoms with Crippen molar-refractivity contribution < 1.29 is 19.1 Å². The third-order valence-electron chi connectivity index (χ3n) is 6.01. The molecule has 0 radical (unpaired) electrons. The maximum absolute atomic E-state index is 13.5. The highest BCUT2D eigenvalue weighted by Crippen LogP contribution is 2.35. The van der Waals surface area contributed by atoms with Gasteiger partial charge in [0.05, 0.1) is 29.0 Å². The number of pyridine rings is 1. The largest absolute Gasteiger partial charge is 0.469 e. The lowest BCUT2D eigenvalue weighted by Gasteiger charge is -2.34. The Kier molecular flexibility index (Phi) is 5.94. The average Bonchev–Trinajstić information content (AvgIpc) is 3.26. The lowest BCUT2D eigenvalue weighted by atomic mass is 9.80. The molecule has 2 heterocycles. The number of aromatic amines is 1. The Morgan fingerprint density at radius 2 is 1.85 bits per heavy atom. The molecule has 0 amide bonds. The third-order valence-corrected chi connectivity index (χ3v) is 6.33. The summed E-state index contributed by atoms with van der Waals surface area (Å²) < 4.78 is 10.6. The molecule has 0 bridgehead atoms. The summed E-state index contributed by atoms with van der Waals surface area (Å²) >= 11 is 6.49. The number of hydrogen-bond acceptors (Lipinski definition) is 6. The normalized spacial score (nSPS) is 17.1. The zero-order chi connectivity index (χ0) is 23.7. The highest BCUT2D eigenvalue weighted by Gasteiger charge is 2.35. The van der Waals surface area contributed by atoms with Gasteiger partial charge in [0.2, 0.25) is 0 Å². The van der Waals surface area contributed by atoms with E-state index >= 15 is 0 Å². The van der Waals surface area contributed by atoms with Crippen molar-refractivity contribution in [2.24, 2.45) is 5.92 Å². The number of methoxy groups -OCH3 is 1. The Morgan fingerprint density at radius 3 is 2.59 bits per heavy atom. The van der Waals surface area contributed by atoms with Crippen LogP contribution in [0.1, 0.15) is 28.8 Å². The van der Waals surface area contributed by atoms with Gasteiger partial charge in [0, 0.05) is 35.8 Å². The van der Waals surface area contributed by atoms with Crippen molar-refractivity contribution in [1.29, 1.82) is 0 Å².